The molecular weight excluding hydrogens is 333 g/mol. The number of ether oxygens (including phenoxy) is 1. The molecule has 1 atom stereocenters. The van der Waals surface area contributed by atoms with E-state index in [-0.39, 0.29) is 23.6 Å². The number of amides is 1. The second-order valence-corrected chi connectivity index (χ2v) is 7.21. The normalized spacial score (nSPS) is 12.3. The Hall–Kier alpha value is -2.69. The second-order valence-electron chi connectivity index (χ2n) is 7.21. The Morgan fingerprint density at radius 2 is 1.62 bits per heavy atom. The first-order chi connectivity index (χ1) is 12.2. The highest BCUT2D eigenvalue weighted by molar-refractivity contribution is 5.96. The molecule has 2 aromatic carbocycles. The summed E-state index contributed by atoms with van der Waals surface area (Å²) in [6.07, 6.45) is 0.221. The van der Waals surface area contributed by atoms with Crippen LogP contribution in [-0.4, -0.2) is 25.0 Å². The van der Waals surface area contributed by atoms with Gasteiger partial charge in [0.1, 0.15) is 11.9 Å². The maximum Gasteiger partial charge on any atom is 0.328 e. The smallest absolute Gasteiger partial charge is 0.328 e. The predicted molar refractivity (Wildman–Crippen MR) is 98.5 cm³/mol. The molecule has 1 N–H and O–H groups in total. The van der Waals surface area contributed by atoms with Crippen molar-refractivity contribution < 1.29 is 18.7 Å². The molecule has 0 aliphatic carbocycles. The molecule has 0 saturated carbocycles. The fourth-order valence-corrected chi connectivity index (χ4v) is 2.55. The average molecular weight is 357 g/mol. The summed E-state index contributed by atoms with van der Waals surface area (Å²) in [6, 6.07) is 12.2. The molecule has 0 bridgehead atoms. The van der Waals surface area contributed by atoms with E-state index in [9.17, 15) is 14.0 Å². The summed E-state index contributed by atoms with van der Waals surface area (Å²) < 4.78 is 17.8. The van der Waals surface area contributed by atoms with E-state index in [0.717, 1.165) is 11.1 Å². The predicted octanol–water partition coefficient (Wildman–Crippen LogP) is 3.64. The van der Waals surface area contributed by atoms with Crippen LogP contribution in [0.1, 0.15) is 42.3 Å². The van der Waals surface area contributed by atoms with Crippen molar-refractivity contribution in [3.63, 3.8) is 0 Å². The van der Waals surface area contributed by atoms with Crippen molar-refractivity contribution in [3.8, 4) is 0 Å². The monoisotopic (exact) mass is 357 g/mol. The van der Waals surface area contributed by atoms with E-state index < -0.39 is 12.0 Å². The van der Waals surface area contributed by atoms with Gasteiger partial charge in [-0.2, -0.15) is 0 Å². The molecule has 0 heterocycles. The van der Waals surface area contributed by atoms with Crippen molar-refractivity contribution >= 4 is 11.9 Å². The van der Waals surface area contributed by atoms with Gasteiger partial charge in [0.25, 0.3) is 5.91 Å². The molecule has 0 aliphatic rings. The Morgan fingerprint density at radius 3 is 2.12 bits per heavy atom. The van der Waals surface area contributed by atoms with Crippen LogP contribution in [0.5, 0.6) is 0 Å². The standard InChI is InChI=1S/C21H24FNO3/c1-21(2,3)16-9-7-15(8-10-16)19(24)23-18(20(25)26-4)13-14-5-11-17(22)12-6-14/h5-12,18H,13H2,1-4H3,(H,23,24)/t18-/m1/s1. The number of methoxy groups -OCH3 is 1. The number of benzene rings is 2. The summed E-state index contributed by atoms with van der Waals surface area (Å²) in [5.74, 6) is -1.26. The first-order valence-corrected chi connectivity index (χ1v) is 8.44. The van der Waals surface area contributed by atoms with Gasteiger partial charge in [-0.05, 0) is 40.8 Å². The van der Waals surface area contributed by atoms with Crippen molar-refractivity contribution in [1.82, 2.24) is 5.32 Å². The number of nitrogens with one attached hydrogen (secondary N) is 1. The Morgan fingerprint density at radius 1 is 1.04 bits per heavy atom. The summed E-state index contributed by atoms with van der Waals surface area (Å²) in [5, 5.41) is 2.70. The molecule has 0 fully saturated rings. The van der Waals surface area contributed by atoms with Gasteiger partial charge in [-0.1, -0.05) is 45.0 Å². The molecule has 0 radical (unpaired) electrons. The topological polar surface area (TPSA) is 55.4 Å². The van der Waals surface area contributed by atoms with E-state index in [2.05, 4.69) is 26.1 Å². The first-order valence-electron chi connectivity index (χ1n) is 8.44. The van der Waals surface area contributed by atoms with Crippen molar-refractivity contribution in [2.45, 2.75) is 38.6 Å². The summed E-state index contributed by atoms with van der Waals surface area (Å²) in [4.78, 5) is 24.5. The molecule has 2 aromatic rings. The molecule has 5 heteroatoms. The molecule has 0 aliphatic heterocycles. The minimum Gasteiger partial charge on any atom is -0.467 e. The summed E-state index contributed by atoms with van der Waals surface area (Å²) >= 11 is 0. The Balaban J connectivity index is 2.13. The second kappa shape index (κ2) is 8.13. The molecular formula is C21H24FNO3. The van der Waals surface area contributed by atoms with Crippen LogP contribution < -0.4 is 5.32 Å². The zero-order chi connectivity index (χ0) is 19.3. The molecule has 138 valence electrons. The minimum atomic E-state index is -0.847. The van der Waals surface area contributed by atoms with Gasteiger partial charge in [-0.15, -0.1) is 0 Å². The van der Waals surface area contributed by atoms with E-state index in [1.807, 2.05) is 12.1 Å². The van der Waals surface area contributed by atoms with E-state index >= 15 is 0 Å². The van der Waals surface area contributed by atoms with Crippen LogP contribution in [0.25, 0.3) is 0 Å². The Kier molecular flexibility index (Phi) is 6.14. The van der Waals surface area contributed by atoms with Crippen molar-refractivity contribution in [3.05, 3.63) is 71.0 Å². The maximum absolute atomic E-state index is 13.0. The fourth-order valence-electron chi connectivity index (χ4n) is 2.55. The highest BCUT2D eigenvalue weighted by atomic mass is 19.1. The highest BCUT2D eigenvalue weighted by Gasteiger charge is 2.23. The fraction of sp³-hybridized carbons (Fsp3) is 0.333. The van der Waals surface area contributed by atoms with E-state index in [1.165, 1.54) is 19.2 Å². The first kappa shape index (κ1) is 19.6. The van der Waals surface area contributed by atoms with Crippen LogP contribution in [0.3, 0.4) is 0 Å². The lowest BCUT2D eigenvalue weighted by atomic mass is 9.86. The largest absolute Gasteiger partial charge is 0.467 e. The third kappa shape index (κ3) is 5.15. The van der Waals surface area contributed by atoms with Gasteiger partial charge in [0.2, 0.25) is 0 Å². The molecule has 0 unspecified atom stereocenters. The van der Waals surface area contributed by atoms with Gasteiger partial charge in [0, 0.05) is 12.0 Å². The van der Waals surface area contributed by atoms with Gasteiger partial charge in [-0.3, -0.25) is 4.79 Å². The van der Waals surface area contributed by atoms with Crippen LogP contribution in [0, 0.1) is 5.82 Å². The van der Waals surface area contributed by atoms with Gasteiger partial charge in [0.15, 0.2) is 0 Å². The minimum absolute atomic E-state index is 0.00780. The number of carbonyl (C=O) groups is 2. The molecule has 1 amide bonds. The molecule has 26 heavy (non-hydrogen) atoms. The molecule has 0 saturated heterocycles. The third-order valence-electron chi connectivity index (χ3n) is 4.16. The van der Waals surface area contributed by atoms with Crippen molar-refractivity contribution in [2.75, 3.05) is 7.11 Å². The lowest BCUT2D eigenvalue weighted by Gasteiger charge is -2.20. The van der Waals surface area contributed by atoms with Crippen molar-refractivity contribution in [2.24, 2.45) is 0 Å². The van der Waals surface area contributed by atoms with E-state index in [0.29, 0.717) is 5.56 Å². The third-order valence-corrected chi connectivity index (χ3v) is 4.16. The zero-order valence-electron chi connectivity index (χ0n) is 15.5. The Labute approximate surface area is 153 Å². The number of halogens is 1. The lowest BCUT2D eigenvalue weighted by Crippen LogP contribution is -2.43. The average Bonchev–Trinajstić information content (AvgIpc) is 2.61. The summed E-state index contributed by atoms with van der Waals surface area (Å²) in [7, 11) is 1.27. The number of rotatable bonds is 5. The highest BCUT2D eigenvalue weighted by Crippen LogP contribution is 2.22. The number of carbonyl (C=O) groups excluding carboxylic acids is 2. The van der Waals surface area contributed by atoms with Gasteiger partial charge >= 0.3 is 5.97 Å². The van der Waals surface area contributed by atoms with Crippen LogP contribution in [0.15, 0.2) is 48.5 Å². The van der Waals surface area contributed by atoms with Crippen LogP contribution in [-0.2, 0) is 21.4 Å². The van der Waals surface area contributed by atoms with Gasteiger partial charge in [0.05, 0.1) is 7.11 Å². The molecule has 2 rings (SSSR count). The van der Waals surface area contributed by atoms with Gasteiger partial charge in [-0.25, -0.2) is 9.18 Å². The Bertz CT molecular complexity index is 761. The quantitative estimate of drug-likeness (QED) is 0.831. The summed E-state index contributed by atoms with van der Waals surface area (Å²) in [5.41, 5.74) is 2.30. The van der Waals surface area contributed by atoms with Gasteiger partial charge < -0.3 is 10.1 Å². The SMILES string of the molecule is COC(=O)[C@@H](Cc1ccc(F)cc1)NC(=O)c1ccc(C(C)(C)C)cc1. The maximum atomic E-state index is 13.0. The van der Waals surface area contributed by atoms with E-state index in [1.54, 1.807) is 24.3 Å². The molecule has 4 nitrogen and oxygen atoms in total. The van der Waals surface area contributed by atoms with Crippen LogP contribution in [0.4, 0.5) is 4.39 Å². The van der Waals surface area contributed by atoms with Crippen LogP contribution >= 0.6 is 0 Å². The molecule has 0 spiro atoms. The molecule has 0 aromatic heterocycles. The van der Waals surface area contributed by atoms with E-state index in [4.69, 9.17) is 4.74 Å². The number of hydrogen-bond acceptors (Lipinski definition) is 3. The van der Waals surface area contributed by atoms with Crippen LogP contribution in [0.2, 0.25) is 0 Å². The lowest BCUT2D eigenvalue weighted by molar-refractivity contribution is -0.142. The zero-order valence-corrected chi connectivity index (χ0v) is 15.5. The summed E-state index contributed by atoms with van der Waals surface area (Å²) in [6.45, 7) is 6.29. The van der Waals surface area contributed by atoms with Crippen molar-refractivity contribution in [1.29, 1.82) is 0 Å². The number of esters is 1. The number of hydrogen-bond donors (Lipinski definition) is 1.